The molecule has 7 heteroatoms. The van der Waals surface area contributed by atoms with Crippen molar-refractivity contribution in [1.82, 2.24) is 19.8 Å². The summed E-state index contributed by atoms with van der Waals surface area (Å²) in [6, 6.07) is 19.2. The van der Waals surface area contributed by atoms with Crippen LogP contribution in [0.2, 0.25) is 0 Å². The molecule has 0 saturated heterocycles. The van der Waals surface area contributed by atoms with E-state index in [2.05, 4.69) is 20.6 Å². The van der Waals surface area contributed by atoms with E-state index in [1.807, 2.05) is 48.5 Å². The zero-order valence-corrected chi connectivity index (χ0v) is 14.7. The maximum Gasteiger partial charge on any atom is 0.337 e. The van der Waals surface area contributed by atoms with Gasteiger partial charge < -0.3 is 10.1 Å². The molecule has 0 aliphatic rings. The maximum absolute atomic E-state index is 11.7. The van der Waals surface area contributed by atoms with Crippen LogP contribution in [0.4, 0.5) is 5.69 Å². The summed E-state index contributed by atoms with van der Waals surface area (Å²) < 4.78 is 6.43. The lowest BCUT2D eigenvalue weighted by molar-refractivity contribution is 0.0600. The lowest BCUT2D eigenvalue weighted by Gasteiger charge is -2.10. The zero-order valence-electron chi connectivity index (χ0n) is 14.7. The number of nitrogens with zero attached hydrogens (tertiary/aromatic N) is 4. The zero-order chi connectivity index (χ0) is 18.6. The monoisotopic (exact) mass is 359 g/mol. The number of hydrogen-bond acceptors (Lipinski definition) is 6. The standard InChI is InChI=1S/C20H17N5O2/c1-27-20(26)16-9-5-6-14(10-16)12-21-18-11-17(15-7-3-2-4-8-15)24-25-13-22-23-19(18)25/h2-11,13,21H,12H2,1H3. The van der Waals surface area contributed by atoms with Gasteiger partial charge in [0.25, 0.3) is 0 Å². The highest BCUT2D eigenvalue weighted by Gasteiger charge is 2.10. The fourth-order valence-electron chi connectivity index (χ4n) is 2.83. The Morgan fingerprint density at radius 1 is 1.11 bits per heavy atom. The van der Waals surface area contributed by atoms with Crippen LogP contribution < -0.4 is 5.32 Å². The first-order chi connectivity index (χ1) is 13.2. The first kappa shape index (κ1) is 16.7. The Kier molecular flexibility index (Phi) is 4.49. The Morgan fingerprint density at radius 2 is 1.96 bits per heavy atom. The van der Waals surface area contributed by atoms with Gasteiger partial charge in [0, 0.05) is 12.1 Å². The van der Waals surface area contributed by atoms with Crippen LogP contribution in [0.25, 0.3) is 16.9 Å². The van der Waals surface area contributed by atoms with Crippen molar-refractivity contribution >= 4 is 17.3 Å². The molecule has 0 unspecified atom stereocenters. The summed E-state index contributed by atoms with van der Waals surface area (Å²) >= 11 is 0. The molecule has 4 aromatic rings. The van der Waals surface area contributed by atoms with E-state index in [0.717, 1.165) is 22.5 Å². The molecule has 0 aliphatic heterocycles. The Balaban J connectivity index is 1.64. The van der Waals surface area contributed by atoms with Gasteiger partial charge in [-0.15, -0.1) is 10.2 Å². The maximum atomic E-state index is 11.7. The second-order valence-corrected chi connectivity index (χ2v) is 5.95. The van der Waals surface area contributed by atoms with Gasteiger partial charge in [-0.3, -0.25) is 0 Å². The fraction of sp³-hybridized carbons (Fsp3) is 0.100. The number of benzene rings is 2. The second kappa shape index (κ2) is 7.25. The number of anilines is 1. The van der Waals surface area contributed by atoms with Gasteiger partial charge in [-0.05, 0) is 23.8 Å². The fourth-order valence-corrected chi connectivity index (χ4v) is 2.83. The highest BCUT2D eigenvalue weighted by Crippen LogP contribution is 2.23. The molecule has 27 heavy (non-hydrogen) atoms. The van der Waals surface area contributed by atoms with E-state index in [9.17, 15) is 4.79 Å². The SMILES string of the molecule is COC(=O)c1cccc(CNc2cc(-c3ccccc3)nn3cnnc23)c1. The predicted molar refractivity (Wildman–Crippen MR) is 101 cm³/mol. The van der Waals surface area contributed by atoms with Crippen LogP contribution in [-0.2, 0) is 11.3 Å². The van der Waals surface area contributed by atoms with Crippen molar-refractivity contribution in [2.45, 2.75) is 6.54 Å². The van der Waals surface area contributed by atoms with Crippen molar-refractivity contribution in [2.75, 3.05) is 12.4 Å². The number of carbonyl (C=O) groups excluding carboxylic acids is 1. The topological polar surface area (TPSA) is 81.4 Å². The molecule has 0 radical (unpaired) electrons. The van der Waals surface area contributed by atoms with Gasteiger partial charge in [0.1, 0.15) is 6.33 Å². The minimum absolute atomic E-state index is 0.355. The van der Waals surface area contributed by atoms with Gasteiger partial charge in [-0.2, -0.15) is 9.61 Å². The van der Waals surface area contributed by atoms with E-state index in [1.54, 1.807) is 23.0 Å². The minimum Gasteiger partial charge on any atom is -0.465 e. The summed E-state index contributed by atoms with van der Waals surface area (Å²) in [5.74, 6) is -0.355. The number of methoxy groups -OCH3 is 1. The summed E-state index contributed by atoms with van der Waals surface area (Å²) in [5.41, 5.74) is 4.74. The largest absolute Gasteiger partial charge is 0.465 e. The van der Waals surface area contributed by atoms with Crippen molar-refractivity contribution in [2.24, 2.45) is 0 Å². The number of nitrogens with one attached hydrogen (secondary N) is 1. The summed E-state index contributed by atoms with van der Waals surface area (Å²) in [7, 11) is 1.37. The van der Waals surface area contributed by atoms with Crippen molar-refractivity contribution in [1.29, 1.82) is 0 Å². The summed E-state index contributed by atoms with van der Waals surface area (Å²) in [6.07, 6.45) is 1.57. The molecule has 0 spiro atoms. The van der Waals surface area contributed by atoms with Crippen LogP contribution in [0, 0.1) is 0 Å². The molecule has 7 nitrogen and oxygen atoms in total. The molecule has 4 rings (SSSR count). The van der Waals surface area contributed by atoms with Crippen molar-refractivity contribution in [3.8, 4) is 11.3 Å². The number of ether oxygens (including phenoxy) is 1. The van der Waals surface area contributed by atoms with E-state index < -0.39 is 0 Å². The highest BCUT2D eigenvalue weighted by atomic mass is 16.5. The Hall–Kier alpha value is -3.74. The quantitative estimate of drug-likeness (QED) is 0.551. The predicted octanol–water partition coefficient (Wildman–Crippen LogP) is 3.19. The van der Waals surface area contributed by atoms with Crippen molar-refractivity contribution in [3.05, 3.63) is 78.1 Å². The average molecular weight is 359 g/mol. The summed E-state index contributed by atoms with van der Waals surface area (Å²) in [6.45, 7) is 0.519. The molecule has 0 amide bonds. The number of aromatic nitrogens is 4. The van der Waals surface area contributed by atoms with Crippen molar-refractivity contribution < 1.29 is 9.53 Å². The Labute approximate surface area is 155 Å². The highest BCUT2D eigenvalue weighted by molar-refractivity contribution is 5.89. The van der Waals surface area contributed by atoms with E-state index in [0.29, 0.717) is 17.8 Å². The summed E-state index contributed by atoms with van der Waals surface area (Å²) in [5, 5.41) is 16.0. The number of hydrogen-bond donors (Lipinski definition) is 1. The molecule has 2 heterocycles. The van der Waals surface area contributed by atoms with Crippen LogP contribution in [-0.4, -0.2) is 32.9 Å². The van der Waals surface area contributed by atoms with E-state index in [4.69, 9.17) is 4.74 Å². The average Bonchev–Trinajstić information content (AvgIpc) is 3.21. The minimum atomic E-state index is -0.355. The first-order valence-electron chi connectivity index (χ1n) is 8.42. The lowest BCUT2D eigenvalue weighted by Crippen LogP contribution is -2.06. The van der Waals surface area contributed by atoms with Gasteiger partial charge in [-0.25, -0.2) is 4.79 Å². The third-order valence-corrected chi connectivity index (χ3v) is 4.17. The van der Waals surface area contributed by atoms with Gasteiger partial charge >= 0.3 is 5.97 Å². The molecule has 0 saturated carbocycles. The lowest BCUT2D eigenvalue weighted by atomic mass is 10.1. The van der Waals surface area contributed by atoms with Crippen molar-refractivity contribution in [3.63, 3.8) is 0 Å². The van der Waals surface area contributed by atoms with Crippen LogP contribution in [0.15, 0.2) is 67.0 Å². The number of esters is 1. The molecule has 0 fully saturated rings. The van der Waals surface area contributed by atoms with E-state index in [-0.39, 0.29) is 5.97 Å². The first-order valence-corrected chi connectivity index (χ1v) is 8.42. The smallest absolute Gasteiger partial charge is 0.337 e. The van der Waals surface area contributed by atoms with Gasteiger partial charge in [0.2, 0.25) is 5.65 Å². The third kappa shape index (κ3) is 3.48. The third-order valence-electron chi connectivity index (χ3n) is 4.17. The molecule has 1 N–H and O–H groups in total. The molecule has 2 aromatic carbocycles. The summed E-state index contributed by atoms with van der Waals surface area (Å²) in [4.78, 5) is 11.7. The van der Waals surface area contributed by atoms with Crippen LogP contribution in [0.5, 0.6) is 0 Å². The number of fused-ring (bicyclic) bond motifs is 1. The molecule has 0 atom stereocenters. The Bertz CT molecular complexity index is 1090. The second-order valence-electron chi connectivity index (χ2n) is 5.95. The van der Waals surface area contributed by atoms with Gasteiger partial charge in [0.15, 0.2) is 0 Å². The van der Waals surface area contributed by atoms with Gasteiger partial charge in [0.05, 0.1) is 24.1 Å². The van der Waals surface area contributed by atoms with E-state index in [1.165, 1.54) is 7.11 Å². The molecule has 2 aromatic heterocycles. The van der Waals surface area contributed by atoms with Gasteiger partial charge in [-0.1, -0.05) is 42.5 Å². The molecule has 0 bridgehead atoms. The molecule has 0 aliphatic carbocycles. The Morgan fingerprint density at radius 3 is 2.78 bits per heavy atom. The normalized spacial score (nSPS) is 10.7. The molecular formula is C20H17N5O2. The molecule has 134 valence electrons. The van der Waals surface area contributed by atoms with Crippen LogP contribution >= 0.6 is 0 Å². The van der Waals surface area contributed by atoms with Crippen LogP contribution in [0.1, 0.15) is 15.9 Å². The van der Waals surface area contributed by atoms with E-state index >= 15 is 0 Å². The number of rotatable bonds is 5. The molecular weight excluding hydrogens is 342 g/mol. The number of carbonyl (C=O) groups is 1. The van der Waals surface area contributed by atoms with Crippen LogP contribution in [0.3, 0.4) is 0 Å².